The van der Waals surface area contributed by atoms with Crippen LogP contribution >= 0.6 is 0 Å². The fourth-order valence-electron chi connectivity index (χ4n) is 4.84. The molecule has 3 aromatic rings. The highest BCUT2D eigenvalue weighted by Crippen LogP contribution is 2.31. The van der Waals surface area contributed by atoms with E-state index in [2.05, 4.69) is 15.1 Å². The lowest BCUT2D eigenvalue weighted by Gasteiger charge is -2.38. The Balaban J connectivity index is 1.45. The maximum atomic E-state index is 11.3. The monoisotopic (exact) mass is 462 g/mol. The van der Waals surface area contributed by atoms with Crippen LogP contribution in [0.5, 0.6) is 0 Å². The van der Waals surface area contributed by atoms with Crippen molar-refractivity contribution < 1.29 is 14.8 Å². The zero-order valence-electron chi connectivity index (χ0n) is 18.7. The lowest BCUT2D eigenvalue weighted by Crippen LogP contribution is -2.50. The molecule has 1 aromatic heterocycles. The van der Waals surface area contributed by atoms with Crippen molar-refractivity contribution in [1.29, 1.82) is 0 Å². The number of fused-ring (bicyclic) bond motifs is 1. The maximum Gasteiger partial charge on any atom is 0.335 e. The van der Waals surface area contributed by atoms with Gasteiger partial charge in [-0.05, 0) is 43.2 Å². The molecule has 0 radical (unpaired) electrons. The molecule has 0 atom stereocenters. The maximum absolute atomic E-state index is 11.3. The number of non-ortho nitro benzene ring substituents is 1. The molecule has 1 aliphatic carbocycles. The van der Waals surface area contributed by atoms with Gasteiger partial charge in [0, 0.05) is 55.4 Å². The summed E-state index contributed by atoms with van der Waals surface area (Å²) < 4.78 is 0. The molecule has 1 saturated carbocycles. The molecule has 0 amide bonds. The number of aromatic nitrogens is 2. The largest absolute Gasteiger partial charge is 0.478 e. The van der Waals surface area contributed by atoms with Crippen LogP contribution in [0.4, 0.5) is 23.1 Å². The number of anilines is 3. The van der Waals surface area contributed by atoms with Gasteiger partial charge in [0.1, 0.15) is 5.82 Å². The van der Waals surface area contributed by atoms with Crippen LogP contribution in [0.25, 0.3) is 10.9 Å². The number of benzene rings is 2. The molecule has 0 unspecified atom stereocenters. The average Bonchev–Trinajstić information content (AvgIpc) is 3.39. The van der Waals surface area contributed by atoms with Gasteiger partial charge in [0.2, 0.25) is 5.95 Å². The summed E-state index contributed by atoms with van der Waals surface area (Å²) in [6.45, 7) is 3.57. The first-order chi connectivity index (χ1) is 16.5. The van der Waals surface area contributed by atoms with Crippen LogP contribution in [0.2, 0.25) is 0 Å². The quantitative estimate of drug-likeness (QED) is 0.412. The molecular formula is C24H26N6O4. The molecule has 2 aliphatic rings. The first kappa shape index (κ1) is 22.0. The van der Waals surface area contributed by atoms with E-state index < -0.39 is 10.9 Å². The third-order valence-electron chi connectivity index (χ3n) is 6.71. The predicted octanol–water partition coefficient (Wildman–Crippen LogP) is 4.04. The van der Waals surface area contributed by atoms with E-state index in [1.54, 1.807) is 18.2 Å². The van der Waals surface area contributed by atoms with Gasteiger partial charge in [-0.25, -0.2) is 9.78 Å². The van der Waals surface area contributed by atoms with E-state index in [4.69, 9.17) is 15.1 Å². The summed E-state index contributed by atoms with van der Waals surface area (Å²) >= 11 is 0. The smallest absolute Gasteiger partial charge is 0.335 e. The lowest BCUT2D eigenvalue weighted by atomic mass is 10.1. The summed E-state index contributed by atoms with van der Waals surface area (Å²) in [6, 6.07) is 11.5. The van der Waals surface area contributed by atoms with Crippen molar-refractivity contribution in [1.82, 2.24) is 14.9 Å². The third-order valence-corrected chi connectivity index (χ3v) is 6.71. The molecular weight excluding hydrogens is 436 g/mol. The van der Waals surface area contributed by atoms with E-state index >= 15 is 0 Å². The standard InChI is InChI=1S/C24H26N6O4/c31-23(32)16-5-7-17(8-6-16)25-22-20-15-19(30(33)34)9-10-21(20)26-24(27-22)29-13-11-28(12-14-29)18-3-1-2-4-18/h5-10,15,18H,1-4,11-14H2,(H,31,32)(H,25,26,27). The van der Waals surface area contributed by atoms with Crippen molar-refractivity contribution in [3.05, 3.63) is 58.1 Å². The highest BCUT2D eigenvalue weighted by molar-refractivity contribution is 5.94. The first-order valence-electron chi connectivity index (χ1n) is 11.5. The second kappa shape index (κ2) is 9.22. The van der Waals surface area contributed by atoms with Gasteiger partial charge in [-0.15, -0.1) is 0 Å². The Bertz CT molecular complexity index is 1220. The van der Waals surface area contributed by atoms with Crippen LogP contribution in [0.3, 0.4) is 0 Å². The highest BCUT2D eigenvalue weighted by Gasteiger charge is 2.27. The Morgan fingerprint density at radius 2 is 1.74 bits per heavy atom. The Morgan fingerprint density at radius 1 is 1.03 bits per heavy atom. The fourth-order valence-corrected chi connectivity index (χ4v) is 4.84. The number of carboxylic acids is 1. The first-order valence-corrected chi connectivity index (χ1v) is 11.5. The van der Waals surface area contributed by atoms with Crippen molar-refractivity contribution in [3.8, 4) is 0 Å². The molecule has 0 bridgehead atoms. The zero-order chi connectivity index (χ0) is 23.7. The second-order valence-electron chi connectivity index (χ2n) is 8.80. The van der Waals surface area contributed by atoms with Crippen LogP contribution in [0.15, 0.2) is 42.5 Å². The van der Waals surface area contributed by atoms with Gasteiger partial charge in [-0.1, -0.05) is 12.8 Å². The van der Waals surface area contributed by atoms with E-state index in [0.717, 1.165) is 26.2 Å². The van der Waals surface area contributed by atoms with Gasteiger partial charge in [-0.3, -0.25) is 15.0 Å². The number of carboxylic acid groups (broad SMARTS) is 1. The topological polar surface area (TPSA) is 125 Å². The lowest BCUT2D eigenvalue weighted by molar-refractivity contribution is -0.384. The van der Waals surface area contributed by atoms with Crippen molar-refractivity contribution >= 4 is 40.0 Å². The molecule has 1 aliphatic heterocycles. The number of rotatable bonds is 6. The van der Waals surface area contributed by atoms with Crippen molar-refractivity contribution in [2.75, 3.05) is 36.4 Å². The molecule has 2 N–H and O–H groups in total. The number of piperazine rings is 1. The molecule has 1 saturated heterocycles. The van der Waals surface area contributed by atoms with E-state index in [0.29, 0.717) is 34.4 Å². The Hall–Kier alpha value is -3.79. The minimum absolute atomic E-state index is 0.0432. The van der Waals surface area contributed by atoms with Gasteiger partial charge in [-0.2, -0.15) is 4.98 Å². The van der Waals surface area contributed by atoms with Crippen LogP contribution in [0, 0.1) is 10.1 Å². The molecule has 10 heteroatoms. The van der Waals surface area contributed by atoms with Crippen molar-refractivity contribution in [2.24, 2.45) is 0 Å². The van der Waals surface area contributed by atoms with Crippen molar-refractivity contribution in [3.63, 3.8) is 0 Å². The third kappa shape index (κ3) is 4.49. The molecule has 34 heavy (non-hydrogen) atoms. The number of hydrogen-bond acceptors (Lipinski definition) is 8. The van der Waals surface area contributed by atoms with Gasteiger partial charge in [0.05, 0.1) is 16.0 Å². The minimum Gasteiger partial charge on any atom is -0.478 e. The average molecular weight is 463 g/mol. The Kier molecular flexibility index (Phi) is 5.97. The molecule has 10 nitrogen and oxygen atoms in total. The van der Waals surface area contributed by atoms with Gasteiger partial charge in [0.15, 0.2) is 0 Å². The van der Waals surface area contributed by atoms with Crippen LogP contribution in [-0.2, 0) is 0 Å². The van der Waals surface area contributed by atoms with E-state index in [-0.39, 0.29) is 11.3 Å². The van der Waals surface area contributed by atoms with Crippen LogP contribution in [-0.4, -0.2) is 63.1 Å². The summed E-state index contributed by atoms with van der Waals surface area (Å²) in [6.07, 6.45) is 5.18. The molecule has 2 heterocycles. The van der Waals surface area contributed by atoms with E-state index in [9.17, 15) is 14.9 Å². The van der Waals surface area contributed by atoms with Crippen LogP contribution < -0.4 is 10.2 Å². The molecule has 5 rings (SSSR count). The summed E-state index contributed by atoms with van der Waals surface area (Å²) in [7, 11) is 0. The number of aromatic carboxylic acids is 1. The number of nitro benzene ring substituents is 1. The summed E-state index contributed by atoms with van der Waals surface area (Å²) in [4.78, 5) is 36.3. The zero-order valence-corrected chi connectivity index (χ0v) is 18.7. The normalized spacial score (nSPS) is 17.2. The number of carbonyl (C=O) groups is 1. The second-order valence-corrected chi connectivity index (χ2v) is 8.80. The Labute approximate surface area is 196 Å². The highest BCUT2D eigenvalue weighted by atomic mass is 16.6. The summed E-state index contributed by atoms with van der Waals surface area (Å²) in [5.74, 6) is 0.0239. The van der Waals surface area contributed by atoms with E-state index in [1.165, 1.54) is 49.9 Å². The minimum atomic E-state index is -1.01. The number of hydrogen-bond donors (Lipinski definition) is 2. The molecule has 2 aromatic carbocycles. The fraction of sp³-hybridized carbons (Fsp3) is 0.375. The van der Waals surface area contributed by atoms with Gasteiger partial charge < -0.3 is 15.3 Å². The number of nitrogens with one attached hydrogen (secondary N) is 1. The molecule has 0 spiro atoms. The van der Waals surface area contributed by atoms with Crippen LogP contribution in [0.1, 0.15) is 36.0 Å². The number of nitrogens with zero attached hydrogens (tertiary/aromatic N) is 5. The summed E-state index contributed by atoms with van der Waals surface area (Å²) in [5, 5.41) is 24.2. The Morgan fingerprint density at radius 3 is 2.38 bits per heavy atom. The summed E-state index contributed by atoms with van der Waals surface area (Å²) in [5.41, 5.74) is 1.37. The molecule has 2 fully saturated rings. The predicted molar refractivity (Wildman–Crippen MR) is 129 cm³/mol. The van der Waals surface area contributed by atoms with E-state index in [1.807, 2.05) is 0 Å². The number of nitro groups is 1. The van der Waals surface area contributed by atoms with Crippen molar-refractivity contribution in [2.45, 2.75) is 31.7 Å². The SMILES string of the molecule is O=C(O)c1ccc(Nc2nc(N3CCN(C4CCCC4)CC3)nc3ccc([N+](=O)[O-])cc23)cc1. The van der Waals surface area contributed by atoms with Gasteiger partial charge in [0.25, 0.3) is 5.69 Å². The van der Waals surface area contributed by atoms with Gasteiger partial charge >= 0.3 is 5.97 Å². The molecule has 176 valence electrons.